The summed E-state index contributed by atoms with van der Waals surface area (Å²) in [5.74, 6) is 1.77. The van der Waals surface area contributed by atoms with E-state index < -0.39 is 0 Å². The highest BCUT2D eigenvalue weighted by atomic mass is 79.9. The molecule has 17 heavy (non-hydrogen) atoms. The SMILES string of the molecule is BrCc1ccc(CBr)c(Oc2ccccc2)c1. The van der Waals surface area contributed by atoms with Gasteiger partial charge in [0.05, 0.1) is 0 Å². The number of hydrogen-bond donors (Lipinski definition) is 0. The van der Waals surface area contributed by atoms with Crippen molar-refractivity contribution in [3.05, 3.63) is 59.7 Å². The van der Waals surface area contributed by atoms with E-state index in [9.17, 15) is 0 Å². The Morgan fingerprint density at radius 2 is 1.65 bits per heavy atom. The predicted octanol–water partition coefficient (Wildman–Crippen LogP) is 5.27. The third-order valence-electron chi connectivity index (χ3n) is 2.40. The minimum Gasteiger partial charge on any atom is -0.457 e. The van der Waals surface area contributed by atoms with Crippen LogP contribution < -0.4 is 4.74 Å². The molecular formula is C14H12Br2O. The second-order valence-electron chi connectivity index (χ2n) is 3.62. The van der Waals surface area contributed by atoms with Gasteiger partial charge in [0, 0.05) is 16.2 Å². The Hall–Kier alpha value is -0.800. The Morgan fingerprint density at radius 3 is 2.29 bits per heavy atom. The number of benzene rings is 2. The molecule has 0 heterocycles. The molecule has 0 saturated carbocycles. The van der Waals surface area contributed by atoms with Gasteiger partial charge in [-0.3, -0.25) is 0 Å². The van der Waals surface area contributed by atoms with E-state index in [1.54, 1.807) is 0 Å². The molecule has 0 radical (unpaired) electrons. The highest BCUT2D eigenvalue weighted by molar-refractivity contribution is 9.08. The van der Waals surface area contributed by atoms with Crippen molar-refractivity contribution >= 4 is 31.9 Å². The van der Waals surface area contributed by atoms with Gasteiger partial charge in [0.15, 0.2) is 0 Å². The van der Waals surface area contributed by atoms with Crippen molar-refractivity contribution in [1.29, 1.82) is 0 Å². The maximum absolute atomic E-state index is 5.89. The molecule has 3 heteroatoms. The zero-order chi connectivity index (χ0) is 12.1. The maximum Gasteiger partial charge on any atom is 0.131 e. The van der Waals surface area contributed by atoms with Crippen LogP contribution in [-0.4, -0.2) is 0 Å². The molecule has 0 saturated heterocycles. The van der Waals surface area contributed by atoms with E-state index in [1.807, 2.05) is 30.3 Å². The largest absolute Gasteiger partial charge is 0.457 e. The van der Waals surface area contributed by atoms with Crippen LogP contribution in [0.15, 0.2) is 48.5 Å². The minimum atomic E-state index is 0.789. The number of rotatable bonds is 4. The van der Waals surface area contributed by atoms with E-state index in [4.69, 9.17) is 4.74 Å². The average Bonchev–Trinajstić information content (AvgIpc) is 2.40. The van der Waals surface area contributed by atoms with Gasteiger partial charge in [-0.25, -0.2) is 0 Å². The van der Waals surface area contributed by atoms with Crippen molar-refractivity contribution in [1.82, 2.24) is 0 Å². The van der Waals surface area contributed by atoms with Crippen LogP contribution in [0.3, 0.4) is 0 Å². The van der Waals surface area contributed by atoms with Crippen LogP contribution in [0.1, 0.15) is 11.1 Å². The predicted molar refractivity (Wildman–Crippen MR) is 78.2 cm³/mol. The summed E-state index contributed by atoms with van der Waals surface area (Å²) in [4.78, 5) is 0. The summed E-state index contributed by atoms with van der Waals surface area (Å²) in [7, 11) is 0. The highest BCUT2D eigenvalue weighted by Crippen LogP contribution is 2.28. The third-order valence-corrected chi connectivity index (χ3v) is 3.65. The lowest BCUT2D eigenvalue weighted by Crippen LogP contribution is -1.91. The van der Waals surface area contributed by atoms with Gasteiger partial charge in [-0.15, -0.1) is 0 Å². The van der Waals surface area contributed by atoms with Crippen molar-refractivity contribution in [2.45, 2.75) is 10.7 Å². The number of hydrogen-bond acceptors (Lipinski definition) is 1. The molecule has 0 aromatic heterocycles. The quantitative estimate of drug-likeness (QED) is 0.679. The van der Waals surface area contributed by atoms with Crippen LogP contribution in [-0.2, 0) is 10.7 Å². The second kappa shape index (κ2) is 6.22. The standard InChI is InChI=1S/C14H12Br2O/c15-9-11-6-7-12(10-16)14(8-11)17-13-4-2-1-3-5-13/h1-8H,9-10H2. The smallest absolute Gasteiger partial charge is 0.131 e. The molecule has 2 aromatic rings. The summed E-state index contributed by atoms with van der Waals surface area (Å²) in [6.07, 6.45) is 0. The molecule has 2 aromatic carbocycles. The van der Waals surface area contributed by atoms with E-state index >= 15 is 0 Å². The van der Waals surface area contributed by atoms with Crippen LogP contribution >= 0.6 is 31.9 Å². The summed E-state index contributed by atoms with van der Waals surface area (Å²) in [6.45, 7) is 0. The van der Waals surface area contributed by atoms with Gasteiger partial charge in [-0.1, -0.05) is 62.2 Å². The lowest BCUT2D eigenvalue weighted by Gasteiger charge is -2.10. The molecule has 0 spiro atoms. The van der Waals surface area contributed by atoms with E-state index in [2.05, 4.69) is 50.1 Å². The minimum absolute atomic E-state index is 0.789. The molecule has 0 unspecified atom stereocenters. The number of para-hydroxylation sites is 1. The fourth-order valence-electron chi connectivity index (χ4n) is 1.50. The van der Waals surface area contributed by atoms with Gasteiger partial charge >= 0.3 is 0 Å². The molecule has 0 aliphatic carbocycles. The monoisotopic (exact) mass is 354 g/mol. The van der Waals surface area contributed by atoms with E-state index in [-0.39, 0.29) is 0 Å². The zero-order valence-corrected chi connectivity index (χ0v) is 12.4. The fraction of sp³-hybridized carbons (Fsp3) is 0.143. The molecule has 0 aliphatic heterocycles. The molecule has 0 amide bonds. The van der Waals surface area contributed by atoms with E-state index in [1.165, 1.54) is 5.56 Å². The fourth-order valence-corrected chi connectivity index (χ4v) is 2.32. The van der Waals surface area contributed by atoms with Gasteiger partial charge in [-0.2, -0.15) is 0 Å². The van der Waals surface area contributed by atoms with Crippen LogP contribution in [0, 0.1) is 0 Å². The Kier molecular flexibility index (Phi) is 4.63. The second-order valence-corrected chi connectivity index (χ2v) is 4.75. The summed E-state index contributed by atoms with van der Waals surface area (Å²) in [6, 6.07) is 16.1. The third kappa shape index (κ3) is 3.33. The van der Waals surface area contributed by atoms with Crippen molar-refractivity contribution in [2.24, 2.45) is 0 Å². The lowest BCUT2D eigenvalue weighted by atomic mass is 10.1. The van der Waals surface area contributed by atoms with Gasteiger partial charge < -0.3 is 4.74 Å². The first-order valence-corrected chi connectivity index (χ1v) is 7.54. The van der Waals surface area contributed by atoms with Crippen LogP contribution in [0.25, 0.3) is 0 Å². The Balaban J connectivity index is 2.30. The first-order valence-electron chi connectivity index (χ1n) is 5.30. The number of alkyl halides is 2. The first-order chi connectivity index (χ1) is 8.33. The van der Waals surface area contributed by atoms with Crippen molar-refractivity contribution in [3.8, 4) is 11.5 Å². The molecule has 0 atom stereocenters. The summed E-state index contributed by atoms with van der Waals surface area (Å²) < 4.78 is 5.89. The highest BCUT2D eigenvalue weighted by Gasteiger charge is 2.05. The number of ether oxygens (including phenoxy) is 1. The molecule has 88 valence electrons. The molecule has 1 nitrogen and oxygen atoms in total. The summed E-state index contributed by atoms with van der Waals surface area (Å²) >= 11 is 6.93. The number of halogens is 2. The van der Waals surface area contributed by atoms with Crippen molar-refractivity contribution < 1.29 is 4.74 Å². The Morgan fingerprint density at radius 1 is 0.882 bits per heavy atom. The Labute approximate surface area is 118 Å². The van der Waals surface area contributed by atoms with Crippen molar-refractivity contribution in [3.63, 3.8) is 0 Å². The van der Waals surface area contributed by atoms with Gasteiger partial charge in [0.1, 0.15) is 11.5 Å². The van der Waals surface area contributed by atoms with Gasteiger partial charge in [0.25, 0.3) is 0 Å². The zero-order valence-electron chi connectivity index (χ0n) is 9.20. The molecule has 0 N–H and O–H groups in total. The lowest BCUT2D eigenvalue weighted by molar-refractivity contribution is 0.478. The van der Waals surface area contributed by atoms with Crippen LogP contribution in [0.2, 0.25) is 0 Å². The summed E-state index contributed by atoms with van der Waals surface area (Å²) in [5.41, 5.74) is 2.36. The first kappa shape index (κ1) is 12.7. The Bertz CT molecular complexity index is 483. The molecule has 0 bridgehead atoms. The van der Waals surface area contributed by atoms with E-state index in [0.29, 0.717) is 0 Å². The molecular weight excluding hydrogens is 344 g/mol. The average molecular weight is 356 g/mol. The van der Waals surface area contributed by atoms with E-state index in [0.717, 1.165) is 27.7 Å². The maximum atomic E-state index is 5.89. The molecule has 0 fully saturated rings. The molecule has 2 rings (SSSR count). The van der Waals surface area contributed by atoms with Crippen LogP contribution in [0.5, 0.6) is 11.5 Å². The summed E-state index contributed by atoms with van der Waals surface area (Å²) in [5, 5.41) is 1.62. The molecule has 0 aliphatic rings. The normalized spacial score (nSPS) is 10.2. The van der Waals surface area contributed by atoms with Crippen LogP contribution in [0.4, 0.5) is 0 Å². The van der Waals surface area contributed by atoms with Gasteiger partial charge in [0.2, 0.25) is 0 Å². The van der Waals surface area contributed by atoms with Gasteiger partial charge in [-0.05, 0) is 23.8 Å². The van der Waals surface area contributed by atoms with Crippen molar-refractivity contribution in [2.75, 3.05) is 0 Å². The topological polar surface area (TPSA) is 9.23 Å².